The van der Waals surface area contributed by atoms with Gasteiger partial charge in [-0.1, -0.05) is 30.3 Å². The number of hydrogen-bond donors (Lipinski definition) is 2. The number of nitrogens with zero attached hydrogens (tertiary/aromatic N) is 4. The number of aliphatic imine (C=N–C) groups is 1. The van der Waals surface area contributed by atoms with Crippen LogP contribution in [0.25, 0.3) is 0 Å². The Hall–Kier alpha value is -2.55. The summed E-state index contributed by atoms with van der Waals surface area (Å²) < 4.78 is 1.94. The molecule has 1 aromatic heterocycles. The van der Waals surface area contributed by atoms with Gasteiger partial charge in [0.25, 0.3) is 0 Å². The molecule has 0 amide bonds. The summed E-state index contributed by atoms with van der Waals surface area (Å²) in [5.74, 6) is 0.822. The quantitative estimate of drug-likeness (QED) is 0.260. The van der Waals surface area contributed by atoms with Gasteiger partial charge in [-0.2, -0.15) is 5.10 Å². The Morgan fingerprint density at radius 1 is 1.03 bits per heavy atom. The highest BCUT2D eigenvalue weighted by Gasteiger charge is 2.06. The van der Waals surface area contributed by atoms with Crippen molar-refractivity contribution in [1.29, 1.82) is 0 Å². The number of hydrogen-bond acceptors (Lipinski definition) is 3. The van der Waals surface area contributed by atoms with Crippen molar-refractivity contribution < 1.29 is 0 Å². The molecule has 0 atom stereocenters. The molecule has 31 heavy (non-hydrogen) atoms. The first-order valence-electron chi connectivity index (χ1n) is 10.4. The normalized spacial score (nSPS) is 11.0. The SMILES string of the molecule is CCNC(=NCc1ccccc1Cn1cccn1)NCc1ccc(N(C)C)cc1C.I. The summed E-state index contributed by atoms with van der Waals surface area (Å²) in [6.45, 7) is 7.16. The Bertz CT molecular complexity index is 966. The van der Waals surface area contributed by atoms with Gasteiger partial charge in [0.1, 0.15) is 0 Å². The van der Waals surface area contributed by atoms with Crippen LogP contribution in [0.4, 0.5) is 5.69 Å². The minimum atomic E-state index is 0. The third-order valence-electron chi connectivity index (χ3n) is 5.05. The Labute approximate surface area is 202 Å². The predicted octanol–water partition coefficient (Wildman–Crippen LogP) is 4.18. The molecule has 0 unspecified atom stereocenters. The van der Waals surface area contributed by atoms with Crippen LogP contribution in [0.3, 0.4) is 0 Å². The van der Waals surface area contributed by atoms with Gasteiger partial charge in [0.2, 0.25) is 0 Å². The molecule has 3 rings (SSSR count). The summed E-state index contributed by atoms with van der Waals surface area (Å²) in [6, 6.07) is 16.9. The van der Waals surface area contributed by atoms with Gasteiger partial charge >= 0.3 is 0 Å². The van der Waals surface area contributed by atoms with Crippen LogP contribution in [0, 0.1) is 6.92 Å². The maximum atomic E-state index is 4.82. The number of guanidine groups is 1. The highest BCUT2D eigenvalue weighted by molar-refractivity contribution is 14.0. The molecule has 2 N–H and O–H groups in total. The second-order valence-corrected chi connectivity index (χ2v) is 7.53. The van der Waals surface area contributed by atoms with Crippen LogP contribution in [0.15, 0.2) is 65.9 Å². The molecule has 0 saturated carbocycles. The van der Waals surface area contributed by atoms with E-state index < -0.39 is 0 Å². The number of rotatable bonds is 8. The largest absolute Gasteiger partial charge is 0.378 e. The van der Waals surface area contributed by atoms with E-state index in [1.54, 1.807) is 6.20 Å². The van der Waals surface area contributed by atoms with Crippen molar-refractivity contribution in [3.05, 3.63) is 83.2 Å². The van der Waals surface area contributed by atoms with Gasteiger partial charge in [0.05, 0.1) is 13.1 Å². The molecule has 0 radical (unpaired) electrons. The number of nitrogens with one attached hydrogen (secondary N) is 2. The van der Waals surface area contributed by atoms with Crippen molar-refractivity contribution in [1.82, 2.24) is 20.4 Å². The molecular weight excluding hydrogens is 499 g/mol. The molecule has 0 aliphatic carbocycles. The summed E-state index contributed by atoms with van der Waals surface area (Å²) >= 11 is 0. The van der Waals surface area contributed by atoms with Crippen LogP contribution in [-0.2, 0) is 19.6 Å². The maximum absolute atomic E-state index is 4.82. The van der Waals surface area contributed by atoms with Crippen molar-refractivity contribution in [2.45, 2.75) is 33.5 Å². The van der Waals surface area contributed by atoms with Crippen molar-refractivity contribution >= 4 is 35.6 Å². The first kappa shape index (κ1) is 24.7. The van der Waals surface area contributed by atoms with E-state index in [2.05, 4.69) is 91.0 Å². The smallest absolute Gasteiger partial charge is 0.191 e. The monoisotopic (exact) mass is 532 g/mol. The lowest BCUT2D eigenvalue weighted by Crippen LogP contribution is -2.37. The fourth-order valence-corrected chi connectivity index (χ4v) is 3.28. The lowest BCUT2D eigenvalue weighted by molar-refractivity contribution is 0.680. The molecule has 0 saturated heterocycles. The molecular formula is C24H33IN6. The summed E-state index contributed by atoms with van der Waals surface area (Å²) in [6.07, 6.45) is 3.79. The van der Waals surface area contributed by atoms with E-state index in [0.29, 0.717) is 6.54 Å². The molecule has 1 heterocycles. The zero-order valence-electron chi connectivity index (χ0n) is 18.8. The molecule has 3 aromatic rings. The van der Waals surface area contributed by atoms with E-state index in [1.165, 1.54) is 27.9 Å². The zero-order valence-corrected chi connectivity index (χ0v) is 21.1. The lowest BCUT2D eigenvalue weighted by Gasteiger charge is -2.17. The number of aryl methyl sites for hydroxylation is 1. The average Bonchev–Trinajstić information content (AvgIpc) is 3.24. The van der Waals surface area contributed by atoms with Crippen LogP contribution in [0.2, 0.25) is 0 Å². The maximum Gasteiger partial charge on any atom is 0.191 e. The number of halogens is 1. The molecule has 7 heteroatoms. The molecule has 166 valence electrons. The molecule has 0 aliphatic rings. The molecule has 0 spiro atoms. The van der Waals surface area contributed by atoms with Crippen LogP contribution in [0.5, 0.6) is 0 Å². The van der Waals surface area contributed by atoms with E-state index in [1.807, 2.05) is 16.9 Å². The van der Waals surface area contributed by atoms with Gasteiger partial charge in [0, 0.05) is 45.3 Å². The van der Waals surface area contributed by atoms with Crippen LogP contribution in [-0.4, -0.2) is 36.4 Å². The minimum absolute atomic E-state index is 0. The summed E-state index contributed by atoms with van der Waals surface area (Å²) in [7, 11) is 4.12. The summed E-state index contributed by atoms with van der Waals surface area (Å²) in [5, 5.41) is 11.1. The van der Waals surface area contributed by atoms with E-state index >= 15 is 0 Å². The molecule has 2 aromatic carbocycles. The molecule has 0 bridgehead atoms. The van der Waals surface area contributed by atoms with Gasteiger partial charge < -0.3 is 15.5 Å². The van der Waals surface area contributed by atoms with Crippen LogP contribution >= 0.6 is 24.0 Å². The third-order valence-corrected chi connectivity index (χ3v) is 5.05. The standard InChI is InChI=1S/C24H32N6.HI/c1-5-25-24(26-16-20-11-12-23(29(3)4)15-19(20)2)27-17-21-9-6-7-10-22(21)18-30-14-8-13-28-30;/h6-15H,5,16-18H2,1-4H3,(H2,25,26,27);1H. The number of anilines is 1. The highest BCUT2D eigenvalue weighted by Crippen LogP contribution is 2.17. The zero-order chi connectivity index (χ0) is 21.3. The van der Waals surface area contributed by atoms with Crippen molar-refractivity contribution in [2.75, 3.05) is 25.5 Å². The van der Waals surface area contributed by atoms with Crippen LogP contribution in [0.1, 0.15) is 29.2 Å². The molecule has 0 fully saturated rings. The first-order chi connectivity index (χ1) is 14.6. The summed E-state index contributed by atoms with van der Waals surface area (Å²) in [5.41, 5.74) is 6.19. The second kappa shape index (κ2) is 12.3. The van der Waals surface area contributed by atoms with Crippen molar-refractivity contribution in [3.8, 4) is 0 Å². The van der Waals surface area contributed by atoms with Gasteiger partial charge in [-0.25, -0.2) is 4.99 Å². The topological polar surface area (TPSA) is 57.5 Å². The lowest BCUT2D eigenvalue weighted by atomic mass is 10.1. The first-order valence-corrected chi connectivity index (χ1v) is 10.4. The Morgan fingerprint density at radius 2 is 1.81 bits per heavy atom. The Morgan fingerprint density at radius 3 is 2.45 bits per heavy atom. The summed E-state index contributed by atoms with van der Waals surface area (Å²) in [4.78, 5) is 6.94. The molecule has 0 aliphatic heterocycles. The van der Waals surface area contributed by atoms with Gasteiger partial charge in [-0.05, 0) is 54.3 Å². The average molecular weight is 532 g/mol. The molecule has 6 nitrogen and oxygen atoms in total. The predicted molar refractivity (Wildman–Crippen MR) is 140 cm³/mol. The van der Waals surface area contributed by atoms with Crippen molar-refractivity contribution in [3.63, 3.8) is 0 Å². The Kier molecular flexibility index (Phi) is 9.84. The van der Waals surface area contributed by atoms with Gasteiger partial charge in [0.15, 0.2) is 5.96 Å². The Balaban J connectivity index is 0.00000341. The van der Waals surface area contributed by atoms with E-state index in [0.717, 1.165) is 25.6 Å². The minimum Gasteiger partial charge on any atom is -0.378 e. The van der Waals surface area contributed by atoms with Gasteiger partial charge in [-0.3, -0.25) is 4.68 Å². The number of benzene rings is 2. The fourth-order valence-electron chi connectivity index (χ4n) is 3.28. The van der Waals surface area contributed by atoms with Crippen LogP contribution < -0.4 is 15.5 Å². The highest BCUT2D eigenvalue weighted by atomic mass is 127. The second-order valence-electron chi connectivity index (χ2n) is 7.53. The van der Waals surface area contributed by atoms with Gasteiger partial charge in [-0.15, -0.1) is 24.0 Å². The number of aromatic nitrogens is 2. The van der Waals surface area contributed by atoms with E-state index in [-0.39, 0.29) is 24.0 Å². The van der Waals surface area contributed by atoms with Crippen molar-refractivity contribution in [2.24, 2.45) is 4.99 Å². The van der Waals surface area contributed by atoms with E-state index in [9.17, 15) is 0 Å². The fraction of sp³-hybridized carbons (Fsp3) is 0.333. The third kappa shape index (κ3) is 7.27. The van der Waals surface area contributed by atoms with E-state index in [4.69, 9.17) is 4.99 Å².